The summed E-state index contributed by atoms with van der Waals surface area (Å²) in [5.41, 5.74) is 5.50. The van der Waals surface area contributed by atoms with Gasteiger partial charge in [-0.2, -0.15) is 0 Å². The molecule has 0 saturated carbocycles. The van der Waals surface area contributed by atoms with Crippen molar-refractivity contribution in [3.63, 3.8) is 0 Å². The lowest BCUT2D eigenvalue weighted by atomic mass is 10.1. The molecule has 0 aliphatic heterocycles. The number of nitrogen functional groups attached to an aromatic ring is 1. The Bertz CT molecular complexity index is 449. The molecule has 0 fully saturated rings. The number of methoxy groups -OCH3 is 1. The van der Waals surface area contributed by atoms with Crippen molar-refractivity contribution < 1.29 is 9.66 Å². The molecule has 2 N–H and O–H groups in total. The highest BCUT2D eigenvalue weighted by molar-refractivity contribution is 5.58. The highest BCUT2D eigenvalue weighted by Crippen LogP contribution is 2.25. The molecule has 1 heterocycles. The smallest absolute Gasteiger partial charge is 0.311 e. The Morgan fingerprint density at radius 2 is 2.10 bits per heavy atom. The van der Waals surface area contributed by atoms with E-state index in [4.69, 9.17) is 10.5 Å². The van der Waals surface area contributed by atoms with E-state index in [0.717, 1.165) is 12.8 Å². The van der Waals surface area contributed by atoms with E-state index < -0.39 is 4.92 Å². The molecule has 0 amide bonds. The van der Waals surface area contributed by atoms with E-state index in [0.29, 0.717) is 25.0 Å². The van der Waals surface area contributed by atoms with E-state index in [1.54, 1.807) is 13.2 Å². The predicted molar refractivity (Wildman–Crippen MR) is 78.9 cm³/mol. The number of nitrogens with two attached hydrogens (primary N) is 1. The van der Waals surface area contributed by atoms with Crippen molar-refractivity contribution in [2.75, 3.05) is 30.9 Å². The lowest BCUT2D eigenvalue weighted by Gasteiger charge is -2.31. The Morgan fingerprint density at radius 3 is 2.55 bits per heavy atom. The van der Waals surface area contributed by atoms with Gasteiger partial charge in [-0.1, -0.05) is 13.8 Å². The lowest BCUT2D eigenvalue weighted by Crippen LogP contribution is -2.37. The number of ether oxygens (including phenoxy) is 1. The molecule has 20 heavy (non-hydrogen) atoms. The number of nitrogens with zero attached hydrogens (tertiary/aromatic N) is 3. The fourth-order valence-electron chi connectivity index (χ4n) is 2.17. The Hall–Kier alpha value is -1.89. The molecule has 0 bridgehead atoms. The fourth-order valence-corrected chi connectivity index (χ4v) is 2.17. The number of anilines is 2. The van der Waals surface area contributed by atoms with E-state index in [-0.39, 0.29) is 11.5 Å². The molecule has 0 atom stereocenters. The molecule has 0 aliphatic carbocycles. The Morgan fingerprint density at radius 1 is 1.45 bits per heavy atom. The summed E-state index contributed by atoms with van der Waals surface area (Å²) < 4.78 is 5.12. The van der Waals surface area contributed by atoms with Gasteiger partial charge in [0.15, 0.2) is 0 Å². The first-order valence-corrected chi connectivity index (χ1v) is 6.71. The summed E-state index contributed by atoms with van der Waals surface area (Å²) in [5.74, 6) is 0.597. The van der Waals surface area contributed by atoms with Gasteiger partial charge in [0.05, 0.1) is 11.5 Å². The summed E-state index contributed by atoms with van der Waals surface area (Å²) in [4.78, 5) is 16.5. The van der Waals surface area contributed by atoms with Crippen LogP contribution in [0.1, 0.15) is 26.7 Å². The van der Waals surface area contributed by atoms with Crippen molar-refractivity contribution >= 4 is 17.3 Å². The Balaban J connectivity index is 3.06. The highest BCUT2D eigenvalue weighted by Gasteiger charge is 2.20. The molecule has 0 aliphatic rings. The third kappa shape index (κ3) is 3.80. The van der Waals surface area contributed by atoms with Crippen LogP contribution in [0.3, 0.4) is 0 Å². The molecular weight excluding hydrogens is 260 g/mol. The number of hydrogen-bond acceptors (Lipinski definition) is 6. The second-order valence-corrected chi connectivity index (χ2v) is 4.49. The quantitative estimate of drug-likeness (QED) is 0.580. The molecule has 0 radical (unpaired) electrons. The van der Waals surface area contributed by atoms with Gasteiger partial charge < -0.3 is 15.4 Å². The lowest BCUT2D eigenvalue weighted by molar-refractivity contribution is -0.384. The van der Waals surface area contributed by atoms with Gasteiger partial charge in [-0.05, 0) is 18.9 Å². The van der Waals surface area contributed by atoms with Crippen LogP contribution in [0.2, 0.25) is 0 Å². The third-order valence-corrected chi connectivity index (χ3v) is 3.30. The van der Waals surface area contributed by atoms with E-state index in [2.05, 4.69) is 23.7 Å². The SMILES string of the molecule is CCC(CC)N(CCOC)c1ccc([N+](=O)[O-])c(N)n1. The maximum absolute atomic E-state index is 10.8. The van der Waals surface area contributed by atoms with Crippen LogP contribution in [0.15, 0.2) is 12.1 Å². The van der Waals surface area contributed by atoms with Gasteiger partial charge in [0.1, 0.15) is 5.82 Å². The molecule has 0 aromatic carbocycles. The summed E-state index contributed by atoms with van der Waals surface area (Å²) in [7, 11) is 1.64. The van der Waals surface area contributed by atoms with Crippen LogP contribution >= 0.6 is 0 Å². The van der Waals surface area contributed by atoms with Crippen molar-refractivity contribution in [1.82, 2.24) is 4.98 Å². The maximum atomic E-state index is 10.8. The molecule has 0 saturated heterocycles. The summed E-state index contributed by atoms with van der Waals surface area (Å²) >= 11 is 0. The van der Waals surface area contributed by atoms with Gasteiger partial charge in [-0.25, -0.2) is 4.98 Å². The van der Waals surface area contributed by atoms with Crippen LogP contribution < -0.4 is 10.6 Å². The van der Waals surface area contributed by atoms with Crippen LogP contribution in [-0.4, -0.2) is 36.2 Å². The Labute approximate surface area is 118 Å². The number of aromatic nitrogens is 1. The average molecular weight is 282 g/mol. The molecule has 7 nitrogen and oxygen atoms in total. The van der Waals surface area contributed by atoms with Crippen molar-refractivity contribution in [2.24, 2.45) is 0 Å². The maximum Gasteiger partial charge on any atom is 0.311 e. The number of hydrogen-bond donors (Lipinski definition) is 1. The first-order valence-electron chi connectivity index (χ1n) is 6.71. The molecule has 7 heteroatoms. The normalized spacial score (nSPS) is 10.8. The summed E-state index contributed by atoms with van der Waals surface area (Å²) in [6.45, 7) is 5.44. The van der Waals surface area contributed by atoms with Gasteiger partial charge >= 0.3 is 5.69 Å². The van der Waals surface area contributed by atoms with Crippen molar-refractivity contribution in [2.45, 2.75) is 32.7 Å². The first-order chi connectivity index (χ1) is 9.54. The number of pyridine rings is 1. The topological polar surface area (TPSA) is 94.5 Å². The van der Waals surface area contributed by atoms with Gasteiger partial charge in [-0.3, -0.25) is 10.1 Å². The van der Waals surface area contributed by atoms with Crippen molar-refractivity contribution in [1.29, 1.82) is 0 Å². The predicted octanol–water partition coefficient (Wildman–Crippen LogP) is 2.21. The second kappa shape index (κ2) is 7.64. The summed E-state index contributed by atoms with van der Waals surface area (Å²) in [6, 6.07) is 3.35. The fraction of sp³-hybridized carbons (Fsp3) is 0.615. The van der Waals surface area contributed by atoms with E-state index >= 15 is 0 Å². The average Bonchev–Trinajstić information content (AvgIpc) is 2.43. The molecular formula is C13H22N4O3. The molecule has 1 aromatic heterocycles. The molecule has 1 rings (SSSR count). The van der Waals surface area contributed by atoms with Gasteiger partial charge in [0.25, 0.3) is 0 Å². The monoisotopic (exact) mass is 282 g/mol. The van der Waals surface area contributed by atoms with Gasteiger partial charge in [-0.15, -0.1) is 0 Å². The first kappa shape index (κ1) is 16.2. The number of rotatable bonds is 8. The number of nitro groups is 1. The minimum absolute atomic E-state index is 0.0547. The zero-order chi connectivity index (χ0) is 15.1. The van der Waals surface area contributed by atoms with Crippen LogP contribution in [0.25, 0.3) is 0 Å². The zero-order valence-electron chi connectivity index (χ0n) is 12.2. The molecule has 0 unspecified atom stereocenters. The van der Waals surface area contributed by atoms with E-state index in [1.807, 2.05) is 0 Å². The molecule has 112 valence electrons. The third-order valence-electron chi connectivity index (χ3n) is 3.30. The van der Waals surface area contributed by atoms with E-state index in [1.165, 1.54) is 6.07 Å². The highest BCUT2D eigenvalue weighted by atomic mass is 16.6. The standard InChI is InChI=1S/C13H22N4O3/c1-4-10(5-2)16(8-9-20-3)12-7-6-11(17(18)19)13(14)15-12/h6-7,10H,4-5,8-9H2,1-3H3,(H2,14,15). The minimum Gasteiger partial charge on any atom is -0.383 e. The van der Waals surface area contributed by atoms with Gasteiger partial charge in [0.2, 0.25) is 5.82 Å². The minimum atomic E-state index is -0.525. The largest absolute Gasteiger partial charge is 0.383 e. The Kier molecular flexibility index (Phi) is 6.17. The van der Waals surface area contributed by atoms with Crippen LogP contribution in [0.4, 0.5) is 17.3 Å². The van der Waals surface area contributed by atoms with Crippen molar-refractivity contribution in [3.05, 3.63) is 22.2 Å². The zero-order valence-corrected chi connectivity index (χ0v) is 12.2. The van der Waals surface area contributed by atoms with Crippen LogP contribution in [0, 0.1) is 10.1 Å². The van der Waals surface area contributed by atoms with Crippen LogP contribution in [-0.2, 0) is 4.74 Å². The summed E-state index contributed by atoms with van der Waals surface area (Å²) in [6.07, 6.45) is 1.91. The molecule has 1 aromatic rings. The van der Waals surface area contributed by atoms with Gasteiger partial charge in [0, 0.05) is 25.8 Å². The summed E-state index contributed by atoms with van der Waals surface area (Å²) in [5, 5.41) is 10.8. The van der Waals surface area contributed by atoms with E-state index in [9.17, 15) is 10.1 Å². The molecule has 0 spiro atoms. The second-order valence-electron chi connectivity index (χ2n) is 4.49. The van der Waals surface area contributed by atoms with Crippen LogP contribution in [0.5, 0.6) is 0 Å². The van der Waals surface area contributed by atoms with Crippen molar-refractivity contribution in [3.8, 4) is 0 Å².